The fourth-order valence-electron chi connectivity index (χ4n) is 6.34. The van der Waals surface area contributed by atoms with Gasteiger partial charge in [0, 0.05) is 37.4 Å². The van der Waals surface area contributed by atoms with Crippen LogP contribution in [0.15, 0.2) is 0 Å². The standard InChI is InChI=1S/C23H38N4O/c1-21(2)14-23(28-16-21)6-4-17(5-7-23)20-18(13-26(3)11-10-24)25-27-15-22(8-9-22)12-19(20)27/h17H,4-16,24H2,1-3H3. The second-order valence-electron chi connectivity index (χ2n) is 11.3. The Balaban J connectivity index is 1.37. The van der Waals surface area contributed by atoms with E-state index >= 15 is 0 Å². The molecule has 3 fully saturated rings. The highest BCUT2D eigenvalue weighted by Gasteiger charge is 2.51. The third-order valence-electron chi connectivity index (χ3n) is 7.96. The number of likely N-dealkylation sites (N-methyl/N-ethyl adjacent to an activating group) is 1. The van der Waals surface area contributed by atoms with Crippen molar-refractivity contribution in [2.24, 2.45) is 16.6 Å². The molecule has 0 unspecified atom stereocenters. The quantitative estimate of drug-likeness (QED) is 0.842. The van der Waals surface area contributed by atoms with E-state index < -0.39 is 0 Å². The van der Waals surface area contributed by atoms with Crippen LogP contribution < -0.4 is 5.73 Å². The summed E-state index contributed by atoms with van der Waals surface area (Å²) in [6.07, 6.45) is 10.2. The van der Waals surface area contributed by atoms with E-state index in [0.29, 0.717) is 23.3 Å². The summed E-state index contributed by atoms with van der Waals surface area (Å²) in [5.41, 5.74) is 11.4. The second kappa shape index (κ2) is 6.55. The van der Waals surface area contributed by atoms with Crippen molar-refractivity contribution in [2.45, 2.75) is 89.8 Å². The topological polar surface area (TPSA) is 56.3 Å². The van der Waals surface area contributed by atoms with Gasteiger partial charge in [0.1, 0.15) is 0 Å². The van der Waals surface area contributed by atoms with Gasteiger partial charge in [-0.25, -0.2) is 0 Å². The SMILES string of the molecule is CN(CCN)Cc1nn2c(c1C1CCC3(CC1)CC(C)(C)CO3)CC1(CC1)C2. The zero-order chi connectivity index (χ0) is 19.6. The van der Waals surface area contributed by atoms with Crippen molar-refractivity contribution >= 4 is 0 Å². The van der Waals surface area contributed by atoms with E-state index in [2.05, 4.69) is 30.5 Å². The highest BCUT2D eigenvalue weighted by atomic mass is 16.5. The van der Waals surface area contributed by atoms with E-state index in [4.69, 9.17) is 15.6 Å². The van der Waals surface area contributed by atoms with Gasteiger partial charge in [0.15, 0.2) is 0 Å². The van der Waals surface area contributed by atoms with E-state index in [1.807, 2.05) is 0 Å². The molecule has 0 amide bonds. The molecule has 5 nitrogen and oxygen atoms in total. The Morgan fingerprint density at radius 2 is 1.96 bits per heavy atom. The summed E-state index contributed by atoms with van der Waals surface area (Å²) < 4.78 is 8.76. The Morgan fingerprint density at radius 1 is 1.21 bits per heavy atom. The van der Waals surface area contributed by atoms with Crippen molar-refractivity contribution in [3.05, 3.63) is 17.0 Å². The van der Waals surface area contributed by atoms with Crippen molar-refractivity contribution in [2.75, 3.05) is 26.7 Å². The molecule has 2 N–H and O–H groups in total. The summed E-state index contributed by atoms with van der Waals surface area (Å²) >= 11 is 0. The van der Waals surface area contributed by atoms with E-state index in [9.17, 15) is 0 Å². The predicted molar refractivity (Wildman–Crippen MR) is 111 cm³/mol. The number of hydrogen-bond acceptors (Lipinski definition) is 4. The molecule has 2 spiro atoms. The van der Waals surface area contributed by atoms with Crippen LogP contribution in [0.5, 0.6) is 0 Å². The Labute approximate surface area is 170 Å². The number of aromatic nitrogens is 2. The minimum atomic E-state index is 0.157. The molecule has 5 heteroatoms. The van der Waals surface area contributed by atoms with Crippen LogP contribution in [0.2, 0.25) is 0 Å². The van der Waals surface area contributed by atoms with Crippen LogP contribution >= 0.6 is 0 Å². The van der Waals surface area contributed by atoms with Crippen molar-refractivity contribution in [3.63, 3.8) is 0 Å². The van der Waals surface area contributed by atoms with Crippen LogP contribution in [0.3, 0.4) is 0 Å². The number of nitrogens with zero attached hydrogens (tertiary/aromatic N) is 3. The maximum Gasteiger partial charge on any atom is 0.0802 e. The third kappa shape index (κ3) is 3.33. The summed E-state index contributed by atoms with van der Waals surface area (Å²) in [4.78, 5) is 2.33. The van der Waals surface area contributed by atoms with Gasteiger partial charge in [-0.3, -0.25) is 9.58 Å². The van der Waals surface area contributed by atoms with Gasteiger partial charge in [0.25, 0.3) is 0 Å². The number of nitrogens with two attached hydrogens (primary N) is 1. The van der Waals surface area contributed by atoms with Gasteiger partial charge in [0.05, 0.1) is 17.9 Å². The molecule has 5 rings (SSSR count). The molecule has 0 radical (unpaired) electrons. The first-order valence-corrected chi connectivity index (χ1v) is 11.4. The van der Waals surface area contributed by atoms with Crippen LogP contribution in [0.1, 0.15) is 81.7 Å². The number of rotatable bonds is 5. The van der Waals surface area contributed by atoms with Gasteiger partial charge in [-0.05, 0) is 75.2 Å². The zero-order valence-electron chi connectivity index (χ0n) is 18.1. The monoisotopic (exact) mass is 386 g/mol. The number of hydrogen-bond donors (Lipinski definition) is 1. The summed E-state index contributed by atoms with van der Waals surface area (Å²) in [7, 11) is 2.17. The molecule has 4 aliphatic rings. The Morgan fingerprint density at radius 3 is 2.57 bits per heavy atom. The molecule has 1 aromatic heterocycles. The fourth-order valence-corrected chi connectivity index (χ4v) is 6.34. The third-order valence-corrected chi connectivity index (χ3v) is 7.96. The van der Waals surface area contributed by atoms with Crippen molar-refractivity contribution in [3.8, 4) is 0 Å². The van der Waals surface area contributed by atoms with Gasteiger partial charge in [-0.2, -0.15) is 5.10 Å². The summed E-state index contributed by atoms with van der Waals surface area (Å²) in [6.45, 7) is 9.38. The molecule has 0 atom stereocenters. The molecule has 2 aliphatic heterocycles. The second-order valence-corrected chi connectivity index (χ2v) is 11.3. The highest BCUT2D eigenvalue weighted by Crippen LogP contribution is 2.56. The van der Waals surface area contributed by atoms with Crippen LogP contribution in [-0.2, 0) is 24.2 Å². The highest BCUT2D eigenvalue weighted by molar-refractivity contribution is 5.35. The lowest BCUT2D eigenvalue weighted by Crippen LogP contribution is -2.34. The van der Waals surface area contributed by atoms with E-state index in [1.165, 1.54) is 57.1 Å². The van der Waals surface area contributed by atoms with Crippen molar-refractivity contribution in [1.29, 1.82) is 0 Å². The molecular weight excluding hydrogens is 348 g/mol. The molecule has 0 aromatic carbocycles. The molecule has 2 saturated carbocycles. The number of fused-ring (bicyclic) bond motifs is 1. The maximum atomic E-state index is 6.38. The molecule has 1 saturated heterocycles. The average Bonchev–Trinajstić information content (AvgIpc) is 3.05. The summed E-state index contributed by atoms with van der Waals surface area (Å²) in [5.74, 6) is 0.664. The lowest BCUT2D eigenvalue weighted by atomic mass is 9.71. The van der Waals surface area contributed by atoms with Gasteiger partial charge >= 0.3 is 0 Å². The first-order chi connectivity index (χ1) is 13.3. The van der Waals surface area contributed by atoms with E-state index in [0.717, 1.165) is 26.2 Å². The van der Waals surface area contributed by atoms with E-state index in [1.54, 1.807) is 11.3 Å². The predicted octanol–water partition coefficient (Wildman–Crippen LogP) is 3.45. The Hall–Kier alpha value is -0.910. The lowest BCUT2D eigenvalue weighted by molar-refractivity contribution is -0.0294. The smallest absolute Gasteiger partial charge is 0.0802 e. The van der Waals surface area contributed by atoms with Crippen LogP contribution in [0.25, 0.3) is 0 Å². The normalized spacial score (nSPS) is 32.5. The first kappa shape index (κ1) is 19.1. The maximum absolute atomic E-state index is 6.38. The van der Waals surface area contributed by atoms with Gasteiger partial charge < -0.3 is 10.5 Å². The summed E-state index contributed by atoms with van der Waals surface area (Å²) in [6, 6.07) is 0. The molecule has 156 valence electrons. The van der Waals surface area contributed by atoms with Crippen molar-refractivity contribution < 1.29 is 4.74 Å². The molecule has 28 heavy (non-hydrogen) atoms. The first-order valence-electron chi connectivity index (χ1n) is 11.4. The molecule has 3 heterocycles. The van der Waals surface area contributed by atoms with E-state index in [-0.39, 0.29) is 5.60 Å². The van der Waals surface area contributed by atoms with Crippen LogP contribution in [0, 0.1) is 10.8 Å². The average molecular weight is 387 g/mol. The molecular formula is C23H38N4O. The van der Waals surface area contributed by atoms with Crippen LogP contribution in [-0.4, -0.2) is 47.0 Å². The zero-order valence-corrected chi connectivity index (χ0v) is 18.1. The van der Waals surface area contributed by atoms with Gasteiger partial charge in [-0.15, -0.1) is 0 Å². The molecule has 0 bridgehead atoms. The van der Waals surface area contributed by atoms with Crippen molar-refractivity contribution in [1.82, 2.24) is 14.7 Å². The minimum Gasteiger partial charge on any atom is -0.374 e. The molecule has 1 aromatic rings. The molecule has 2 aliphatic carbocycles. The van der Waals surface area contributed by atoms with Gasteiger partial charge in [0.2, 0.25) is 0 Å². The minimum absolute atomic E-state index is 0.157. The fraction of sp³-hybridized carbons (Fsp3) is 0.870. The largest absolute Gasteiger partial charge is 0.374 e. The van der Waals surface area contributed by atoms with Crippen LogP contribution in [0.4, 0.5) is 0 Å². The van der Waals surface area contributed by atoms with Gasteiger partial charge in [-0.1, -0.05) is 13.8 Å². The summed E-state index contributed by atoms with van der Waals surface area (Å²) in [5, 5.41) is 5.14. The Bertz CT molecular complexity index is 740. The Kier molecular flexibility index (Phi) is 4.46. The number of ether oxygens (including phenoxy) is 1. The lowest BCUT2D eigenvalue weighted by Gasteiger charge is -2.37.